The van der Waals surface area contributed by atoms with Crippen LogP contribution in [-0.4, -0.2) is 36.2 Å². The van der Waals surface area contributed by atoms with Crippen molar-refractivity contribution in [3.8, 4) is 11.5 Å². The lowest BCUT2D eigenvalue weighted by Gasteiger charge is -2.15. The second-order valence-electron chi connectivity index (χ2n) is 6.50. The van der Waals surface area contributed by atoms with Gasteiger partial charge in [-0.15, -0.1) is 0 Å². The van der Waals surface area contributed by atoms with E-state index in [0.29, 0.717) is 27.0 Å². The molecule has 0 unspecified atom stereocenters. The number of halogens is 1. The molecule has 0 aliphatic carbocycles. The van der Waals surface area contributed by atoms with Gasteiger partial charge in [0.15, 0.2) is 0 Å². The number of amides is 1. The standard InChI is InChI=1S/C21H15BrN4O5S2/c1-30-14-7-12(8-15(10-14)31-2)20(27)25(23-11-16-4-6-19(32-16)26(28)29)21-24-17-5-3-13(22)9-18(17)33-21/h3-11H,1-2H3/b23-11+. The minimum atomic E-state index is -0.473. The Hall–Kier alpha value is -3.35. The van der Waals surface area contributed by atoms with E-state index in [1.54, 1.807) is 24.3 Å². The van der Waals surface area contributed by atoms with E-state index < -0.39 is 10.8 Å². The fraction of sp³-hybridized carbons (Fsp3) is 0.0952. The summed E-state index contributed by atoms with van der Waals surface area (Å²) in [4.78, 5) is 29.1. The number of anilines is 1. The van der Waals surface area contributed by atoms with E-state index in [0.717, 1.165) is 20.5 Å². The number of hydrogen-bond acceptors (Lipinski definition) is 9. The summed E-state index contributed by atoms with van der Waals surface area (Å²) >= 11 is 5.68. The molecule has 0 spiro atoms. The number of rotatable bonds is 7. The number of hydrogen-bond donors (Lipinski definition) is 0. The summed E-state index contributed by atoms with van der Waals surface area (Å²) in [5.74, 6) is 0.431. The van der Waals surface area contributed by atoms with Crippen LogP contribution in [0.3, 0.4) is 0 Å². The van der Waals surface area contributed by atoms with Crippen LogP contribution in [-0.2, 0) is 0 Å². The molecule has 4 rings (SSSR count). The first-order chi connectivity index (χ1) is 15.9. The maximum atomic E-state index is 13.5. The van der Waals surface area contributed by atoms with E-state index >= 15 is 0 Å². The maximum Gasteiger partial charge on any atom is 0.324 e. The van der Waals surface area contributed by atoms with Crippen molar-refractivity contribution in [3.05, 3.63) is 73.6 Å². The van der Waals surface area contributed by atoms with Gasteiger partial charge in [-0.05, 0) is 36.4 Å². The number of thiazole rings is 1. The normalized spacial score (nSPS) is 11.1. The Kier molecular flexibility index (Phi) is 6.67. The number of aromatic nitrogens is 1. The zero-order chi connectivity index (χ0) is 23.5. The number of ether oxygens (including phenoxy) is 2. The molecule has 0 aliphatic heterocycles. The molecule has 0 radical (unpaired) electrons. The topological polar surface area (TPSA) is 107 Å². The second-order valence-corrected chi connectivity index (χ2v) is 9.52. The molecule has 4 aromatic rings. The smallest absolute Gasteiger partial charge is 0.324 e. The Labute approximate surface area is 204 Å². The molecule has 0 N–H and O–H groups in total. The molecular formula is C21H15BrN4O5S2. The molecule has 0 aliphatic rings. The van der Waals surface area contributed by atoms with Gasteiger partial charge < -0.3 is 9.47 Å². The number of benzene rings is 2. The number of nitro groups is 1. The number of hydrazone groups is 1. The van der Waals surface area contributed by atoms with E-state index in [1.807, 2.05) is 18.2 Å². The largest absolute Gasteiger partial charge is 0.497 e. The Balaban J connectivity index is 1.78. The first-order valence-electron chi connectivity index (χ1n) is 9.30. The number of carbonyl (C=O) groups excluding carboxylic acids is 1. The third kappa shape index (κ3) is 5.02. The average molecular weight is 547 g/mol. The lowest BCUT2D eigenvalue weighted by Crippen LogP contribution is -2.25. The highest BCUT2D eigenvalue weighted by molar-refractivity contribution is 9.10. The predicted octanol–water partition coefficient (Wildman–Crippen LogP) is 5.73. The van der Waals surface area contributed by atoms with Gasteiger partial charge in [-0.3, -0.25) is 14.9 Å². The van der Waals surface area contributed by atoms with E-state index in [2.05, 4.69) is 26.0 Å². The van der Waals surface area contributed by atoms with Crippen LogP contribution >= 0.6 is 38.6 Å². The van der Waals surface area contributed by atoms with E-state index in [1.165, 1.54) is 42.8 Å². The van der Waals surface area contributed by atoms with Crippen molar-refractivity contribution in [2.24, 2.45) is 5.10 Å². The Morgan fingerprint density at radius 3 is 2.48 bits per heavy atom. The first-order valence-corrected chi connectivity index (χ1v) is 11.7. The molecule has 12 heteroatoms. The van der Waals surface area contributed by atoms with Crippen LogP contribution in [0.15, 0.2) is 58.1 Å². The lowest BCUT2D eigenvalue weighted by molar-refractivity contribution is -0.380. The molecule has 168 valence electrons. The fourth-order valence-electron chi connectivity index (χ4n) is 2.84. The highest BCUT2D eigenvalue weighted by Gasteiger charge is 2.23. The van der Waals surface area contributed by atoms with Crippen LogP contribution in [0.1, 0.15) is 15.2 Å². The van der Waals surface area contributed by atoms with Gasteiger partial charge in [-0.2, -0.15) is 10.1 Å². The van der Waals surface area contributed by atoms with Crippen molar-refractivity contribution >= 4 is 71.1 Å². The van der Waals surface area contributed by atoms with Crippen molar-refractivity contribution in [1.82, 2.24) is 4.98 Å². The molecule has 0 saturated heterocycles. The van der Waals surface area contributed by atoms with Crippen LogP contribution in [0.25, 0.3) is 10.2 Å². The minimum Gasteiger partial charge on any atom is -0.497 e. The maximum absolute atomic E-state index is 13.5. The molecule has 9 nitrogen and oxygen atoms in total. The summed E-state index contributed by atoms with van der Waals surface area (Å²) in [6.45, 7) is 0. The first kappa shape index (κ1) is 22.8. The quantitative estimate of drug-likeness (QED) is 0.166. The highest BCUT2D eigenvalue weighted by Crippen LogP contribution is 2.33. The summed E-state index contributed by atoms with van der Waals surface area (Å²) in [6, 6.07) is 13.4. The van der Waals surface area contributed by atoms with Gasteiger partial charge in [0.25, 0.3) is 5.91 Å². The monoisotopic (exact) mass is 546 g/mol. The number of thiophene rings is 1. The molecule has 0 saturated carbocycles. The summed E-state index contributed by atoms with van der Waals surface area (Å²) in [7, 11) is 2.99. The zero-order valence-electron chi connectivity index (χ0n) is 17.2. The predicted molar refractivity (Wildman–Crippen MR) is 132 cm³/mol. The lowest BCUT2D eigenvalue weighted by atomic mass is 10.2. The van der Waals surface area contributed by atoms with Gasteiger partial charge in [0.1, 0.15) is 11.5 Å². The fourth-order valence-corrected chi connectivity index (χ4v) is 5.01. The molecule has 33 heavy (non-hydrogen) atoms. The molecule has 2 heterocycles. The van der Waals surface area contributed by atoms with Crippen molar-refractivity contribution in [3.63, 3.8) is 0 Å². The van der Waals surface area contributed by atoms with Crippen molar-refractivity contribution in [1.29, 1.82) is 0 Å². The van der Waals surface area contributed by atoms with Gasteiger partial charge in [-0.25, -0.2) is 4.98 Å². The SMILES string of the molecule is COc1cc(OC)cc(C(=O)N(/N=C/c2ccc([N+](=O)[O-])s2)c2nc3ccc(Br)cc3s2)c1. The molecule has 2 aromatic heterocycles. The number of nitrogens with zero attached hydrogens (tertiary/aromatic N) is 4. The van der Waals surface area contributed by atoms with Gasteiger partial charge in [0, 0.05) is 22.2 Å². The Morgan fingerprint density at radius 1 is 1.12 bits per heavy atom. The molecule has 1 amide bonds. The van der Waals surface area contributed by atoms with Crippen LogP contribution < -0.4 is 14.5 Å². The van der Waals surface area contributed by atoms with Gasteiger partial charge in [-0.1, -0.05) is 38.6 Å². The zero-order valence-corrected chi connectivity index (χ0v) is 20.4. The van der Waals surface area contributed by atoms with E-state index in [9.17, 15) is 14.9 Å². The highest BCUT2D eigenvalue weighted by atomic mass is 79.9. The average Bonchev–Trinajstić information content (AvgIpc) is 3.45. The van der Waals surface area contributed by atoms with Crippen LogP contribution in [0.4, 0.5) is 10.1 Å². The van der Waals surface area contributed by atoms with Gasteiger partial charge in [0.05, 0.1) is 40.5 Å². The van der Waals surface area contributed by atoms with Gasteiger partial charge >= 0.3 is 5.00 Å². The number of fused-ring (bicyclic) bond motifs is 1. The van der Waals surface area contributed by atoms with Crippen molar-refractivity contribution < 1.29 is 19.2 Å². The summed E-state index contributed by atoms with van der Waals surface area (Å²) in [5, 5.41) is 16.8. The molecule has 2 aromatic carbocycles. The second kappa shape index (κ2) is 9.65. The number of methoxy groups -OCH3 is 2. The molecular weight excluding hydrogens is 532 g/mol. The van der Waals surface area contributed by atoms with Crippen LogP contribution in [0.5, 0.6) is 11.5 Å². The Morgan fingerprint density at radius 2 is 1.85 bits per heavy atom. The third-order valence-electron chi connectivity index (χ3n) is 4.40. The molecule has 0 bridgehead atoms. The van der Waals surface area contributed by atoms with E-state index in [-0.39, 0.29) is 10.6 Å². The summed E-state index contributed by atoms with van der Waals surface area (Å²) in [6.07, 6.45) is 1.40. The summed E-state index contributed by atoms with van der Waals surface area (Å²) in [5.41, 5.74) is 0.988. The van der Waals surface area contributed by atoms with Crippen LogP contribution in [0.2, 0.25) is 0 Å². The third-order valence-corrected chi connectivity index (χ3v) is 6.86. The molecule has 0 atom stereocenters. The Bertz CT molecular complexity index is 1360. The van der Waals surface area contributed by atoms with Crippen molar-refractivity contribution in [2.45, 2.75) is 0 Å². The van der Waals surface area contributed by atoms with Gasteiger partial charge in [0.2, 0.25) is 5.13 Å². The van der Waals surface area contributed by atoms with Crippen LogP contribution in [0, 0.1) is 10.1 Å². The summed E-state index contributed by atoms with van der Waals surface area (Å²) < 4.78 is 12.3. The molecule has 0 fully saturated rings. The minimum absolute atomic E-state index is 0.0169. The van der Waals surface area contributed by atoms with E-state index in [4.69, 9.17) is 9.47 Å². The number of carbonyl (C=O) groups is 1. The van der Waals surface area contributed by atoms with Crippen molar-refractivity contribution in [2.75, 3.05) is 19.2 Å².